The second-order valence-corrected chi connectivity index (χ2v) is 7.68. The highest BCUT2D eigenvalue weighted by Crippen LogP contribution is 2.22. The third-order valence-electron chi connectivity index (χ3n) is 5.26. The molecule has 2 heterocycles. The predicted molar refractivity (Wildman–Crippen MR) is 98.7 cm³/mol. The molecule has 2 aliphatic heterocycles. The van der Waals surface area contributed by atoms with Crippen LogP contribution in [-0.2, 0) is 16.0 Å². The summed E-state index contributed by atoms with van der Waals surface area (Å²) in [6.45, 7) is 4.50. The number of alkyl halides is 3. The number of aliphatic carboxylic acids is 1. The molecule has 1 N–H and O–H groups in total. The lowest BCUT2D eigenvalue weighted by atomic mass is 9.96. The van der Waals surface area contributed by atoms with Gasteiger partial charge in [0.15, 0.2) is 0 Å². The van der Waals surface area contributed by atoms with Gasteiger partial charge in [-0.3, -0.25) is 4.79 Å². The number of amides is 1. The number of halogens is 6. The molecule has 1 unspecified atom stereocenters. The maximum absolute atomic E-state index is 13.7. The van der Waals surface area contributed by atoms with Crippen molar-refractivity contribution in [3.8, 4) is 0 Å². The molecule has 3 rings (SSSR count). The molecule has 1 aromatic rings. The number of likely N-dealkylation sites (tertiary alicyclic amines) is 2. The van der Waals surface area contributed by atoms with Crippen LogP contribution in [0.1, 0.15) is 31.2 Å². The summed E-state index contributed by atoms with van der Waals surface area (Å²) in [5.41, 5.74) is -0.344. The Morgan fingerprint density at radius 3 is 2.06 bits per heavy atom. The van der Waals surface area contributed by atoms with Gasteiger partial charge in [-0.05, 0) is 44.7 Å². The fraction of sp³-hybridized carbons (Fsp3) is 0.600. The zero-order chi connectivity index (χ0) is 23.2. The van der Waals surface area contributed by atoms with E-state index in [9.17, 15) is 31.1 Å². The van der Waals surface area contributed by atoms with Crippen molar-refractivity contribution in [2.75, 3.05) is 32.7 Å². The molecule has 31 heavy (non-hydrogen) atoms. The van der Waals surface area contributed by atoms with Crippen molar-refractivity contribution in [1.29, 1.82) is 0 Å². The van der Waals surface area contributed by atoms with E-state index in [0.717, 1.165) is 32.5 Å². The highest BCUT2D eigenvalue weighted by atomic mass is 19.4. The van der Waals surface area contributed by atoms with Gasteiger partial charge in [0, 0.05) is 37.3 Å². The van der Waals surface area contributed by atoms with Crippen LogP contribution in [-0.4, -0.2) is 65.7 Å². The Bertz CT molecular complexity index is 758. The van der Waals surface area contributed by atoms with Crippen molar-refractivity contribution in [3.63, 3.8) is 0 Å². The van der Waals surface area contributed by atoms with Crippen molar-refractivity contribution in [2.45, 2.75) is 38.3 Å². The van der Waals surface area contributed by atoms with Gasteiger partial charge >= 0.3 is 12.1 Å². The number of hydrogen-bond acceptors (Lipinski definition) is 3. The maximum atomic E-state index is 13.7. The number of benzene rings is 1. The summed E-state index contributed by atoms with van der Waals surface area (Å²) >= 11 is 0. The van der Waals surface area contributed by atoms with E-state index >= 15 is 0 Å². The van der Waals surface area contributed by atoms with Crippen molar-refractivity contribution < 1.29 is 41.0 Å². The minimum atomic E-state index is -5.08. The fourth-order valence-electron chi connectivity index (χ4n) is 3.77. The highest BCUT2D eigenvalue weighted by molar-refractivity contribution is 5.79. The number of carboxylic acids is 1. The van der Waals surface area contributed by atoms with Gasteiger partial charge in [0.25, 0.3) is 0 Å². The van der Waals surface area contributed by atoms with Gasteiger partial charge in [-0.1, -0.05) is 0 Å². The summed E-state index contributed by atoms with van der Waals surface area (Å²) in [7, 11) is 0. The number of carbonyl (C=O) groups is 2. The van der Waals surface area contributed by atoms with Crippen molar-refractivity contribution in [1.82, 2.24) is 9.80 Å². The van der Waals surface area contributed by atoms with Gasteiger partial charge in [-0.15, -0.1) is 0 Å². The van der Waals surface area contributed by atoms with E-state index in [-0.39, 0.29) is 17.9 Å². The van der Waals surface area contributed by atoms with Gasteiger partial charge in [0.2, 0.25) is 5.91 Å². The predicted octanol–water partition coefficient (Wildman–Crippen LogP) is 3.61. The van der Waals surface area contributed by atoms with Crippen LogP contribution < -0.4 is 0 Å². The molecule has 0 saturated carbocycles. The Balaban J connectivity index is 0.000000423. The van der Waals surface area contributed by atoms with Crippen LogP contribution in [0.2, 0.25) is 0 Å². The Labute approximate surface area is 175 Å². The Kier molecular flexibility index (Phi) is 8.72. The second kappa shape index (κ2) is 10.8. The molecule has 5 nitrogen and oxygen atoms in total. The van der Waals surface area contributed by atoms with Gasteiger partial charge < -0.3 is 14.9 Å². The Morgan fingerprint density at radius 2 is 1.55 bits per heavy atom. The first-order valence-corrected chi connectivity index (χ1v) is 9.91. The van der Waals surface area contributed by atoms with Crippen LogP contribution in [0, 0.1) is 23.4 Å². The molecule has 0 bridgehead atoms. The lowest BCUT2D eigenvalue weighted by Crippen LogP contribution is -2.44. The summed E-state index contributed by atoms with van der Waals surface area (Å²) in [4.78, 5) is 25.5. The first-order chi connectivity index (χ1) is 14.5. The van der Waals surface area contributed by atoms with E-state index in [1.54, 1.807) is 4.90 Å². The molecule has 0 aromatic heterocycles. The first kappa shape index (κ1) is 25.0. The zero-order valence-electron chi connectivity index (χ0n) is 16.7. The normalized spacial score (nSPS) is 19.7. The van der Waals surface area contributed by atoms with Crippen LogP contribution in [0.4, 0.5) is 26.3 Å². The van der Waals surface area contributed by atoms with Gasteiger partial charge in [0.1, 0.15) is 17.5 Å². The quantitative estimate of drug-likeness (QED) is 0.707. The summed E-state index contributed by atoms with van der Waals surface area (Å²) in [6, 6.07) is 1.25. The van der Waals surface area contributed by atoms with E-state index < -0.39 is 29.6 Å². The van der Waals surface area contributed by atoms with Gasteiger partial charge in [-0.25, -0.2) is 18.0 Å². The maximum Gasteiger partial charge on any atom is 0.490 e. The van der Waals surface area contributed by atoms with Crippen LogP contribution in [0.3, 0.4) is 0 Å². The second-order valence-electron chi connectivity index (χ2n) is 7.68. The fourth-order valence-corrected chi connectivity index (χ4v) is 3.77. The number of hydrogen-bond donors (Lipinski definition) is 1. The lowest BCUT2D eigenvalue weighted by molar-refractivity contribution is -0.192. The molecule has 11 heteroatoms. The monoisotopic (exact) mass is 454 g/mol. The van der Waals surface area contributed by atoms with Crippen molar-refractivity contribution >= 4 is 11.9 Å². The van der Waals surface area contributed by atoms with Crippen LogP contribution in [0.5, 0.6) is 0 Å². The highest BCUT2D eigenvalue weighted by Gasteiger charge is 2.38. The molecule has 2 aliphatic rings. The molecule has 1 aromatic carbocycles. The van der Waals surface area contributed by atoms with E-state index in [2.05, 4.69) is 4.90 Å². The summed E-state index contributed by atoms with van der Waals surface area (Å²) in [6.07, 6.45) is -0.969. The molecule has 0 radical (unpaired) electrons. The number of piperidine rings is 1. The zero-order valence-corrected chi connectivity index (χ0v) is 16.7. The molecule has 1 atom stereocenters. The SMILES string of the molecule is O=C(Cc1c(F)cc(F)cc1F)N1CCCC(CN2CCCC2)C1.O=C(O)C(F)(F)F. The summed E-state index contributed by atoms with van der Waals surface area (Å²) in [5, 5.41) is 7.12. The number of carboxylic acid groups (broad SMARTS) is 1. The number of nitrogens with zero attached hydrogens (tertiary/aromatic N) is 2. The smallest absolute Gasteiger partial charge is 0.475 e. The lowest BCUT2D eigenvalue weighted by Gasteiger charge is -2.34. The molecule has 174 valence electrons. The summed E-state index contributed by atoms with van der Waals surface area (Å²) < 4.78 is 72.2. The molecule has 0 aliphatic carbocycles. The topological polar surface area (TPSA) is 60.9 Å². The van der Waals surface area contributed by atoms with Crippen LogP contribution >= 0.6 is 0 Å². The van der Waals surface area contributed by atoms with Crippen molar-refractivity contribution in [3.05, 3.63) is 35.1 Å². The third-order valence-corrected chi connectivity index (χ3v) is 5.26. The number of carbonyl (C=O) groups excluding carboxylic acids is 1. The molecule has 1 amide bonds. The van der Waals surface area contributed by atoms with E-state index in [1.165, 1.54) is 12.8 Å². The average Bonchev–Trinajstić information content (AvgIpc) is 3.17. The molecule has 0 spiro atoms. The van der Waals surface area contributed by atoms with Gasteiger partial charge in [-0.2, -0.15) is 13.2 Å². The standard InChI is InChI=1S/C18H23F3N2O.C2HF3O2/c19-14-8-16(20)15(17(21)9-14)10-18(24)23-7-3-4-13(12-23)11-22-5-1-2-6-22;3-2(4,5)1(6)7/h8-9,13H,1-7,10-12H2;(H,6,7). The summed E-state index contributed by atoms with van der Waals surface area (Å²) in [5.74, 6) is -5.58. The van der Waals surface area contributed by atoms with E-state index in [1.807, 2.05) is 0 Å². The van der Waals surface area contributed by atoms with Crippen LogP contribution in [0.15, 0.2) is 12.1 Å². The molecular formula is C20H24F6N2O3. The van der Waals surface area contributed by atoms with Crippen molar-refractivity contribution in [2.24, 2.45) is 5.92 Å². The number of rotatable bonds is 4. The molecular weight excluding hydrogens is 430 g/mol. The minimum absolute atomic E-state index is 0.287. The first-order valence-electron chi connectivity index (χ1n) is 9.91. The largest absolute Gasteiger partial charge is 0.490 e. The van der Waals surface area contributed by atoms with Crippen LogP contribution in [0.25, 0.3) is 0 Å². The van der Waals surface area contributed by atoms with E-state index in [0.29, 0.717) is 31.1 Å². The Morgan fingerprint density at radius 1 is 1.00 bits per heavy atom. The van der Waals surface area contributed by atoms with E-state index in [4.69, 9.17) is 9.90 Å². The minimum Gasteiger partial charge on any atom is -0.475 e. The molecule has 2 saturated heterocycles. The average molecular weight is 454 g/mol. The Hall–Kier alpha value is -2.30. The third kappa shape index (κ3) is 7.71. The molecule has 2 fully saturated rings. The van der Waals surface area contributed by atoms with Gasteiger partial charge in [0.05, 0.1) is 6.42 Å².